The Morgan fingerprint density at radius 1 is 1.42 bits per heavy atom. The van der Waals surface area contributed by atoms with Gasteiger partial charge in [-0.1, -0.05) is 0 Å². The first-order valence-corrected chi connectivity index (χ1v) is 7.24. The Balaban J connectivity index is 1.81. The molecule has 0 amide bonds. The topological polar surface area (TPSA) is 42.3 Å². The van der Waals surface area contributed by atoms with E-state index in [1.807, 2.05) is 12.5 Å². The van der Waals surface area contributed by atoms with Crippen molar-refractivity contribution in [3.63, 3.8) is 0 Å². The first kappa shape index (κ1) is 14.5. The van der Waals surface area contributed by atoms with Gasteiger partial charge in [0.15, 0.2) is 0 Å². The summed E-state index contributed by atoms with van der Waals surface area (Å²) in [7, 11) is 1.73. The summed E-state index contributed by atoms with van der Waals surface area (Å²) >= 11 is 0. The van der Waals surface area contributed by atoms with Crippen LogP contribution in [0.25, 0.3) is 0 Å². The second-order valence-corrected chi connectivity index (χ2v) is 5.30. The summed E-state index contributed by atoms with van der Waals surface area (Å²) in [5.74, 6) is 0. The molecule has 1 atom stereocenters. The fourth-order valence-electron chi connectivity index (χ4n) is 2.63. The lowest BCUT2D eigenvalue weighted by Gasteiger charge is -2.24. The normalized spacial score (nSPS) is 18.0. The minimum Gasteiger partial charge on any atom is -0.383 e. The number of rotatable bonds is 8. The van der Waals surface area contributed by atoms with Crippen LogP contribution in [0.15, 0.2) is 12.5 Å². The van der Waals surface area contributed by atoms with Gasteiger partial charge >= 0.3 is 0 Å². The molecule has 0 aliphatic carbocycles. The quantitative estimate of drug-likeness (QED) is 0.716. The van der Waals surface area contributed by atoms with Gasteiger partial charge in [0.2, 0.25) is 0 Å². The second kappa shape index (κ2) is 7.62. The third-order valence-electron chi connectivity index (χ3n) is 3.81. The molecule has 1 N–H and O–H groups in total. The minimum absolute atomic E-state index is 0.592. The molecular formula is C14H26N4O. The second-order valence-electron chi connectivity index (χ2n) is 5.30. The molecule has 5 heteroatoms. The van der Waals surface area contributed by atoms with Crippen molar-refractivity contribution in [1.29, 1.82) is 0 Å². The largest absolute Gasteiger partial charge is 0.383 e. The van der Waals surface area contributed by atoms with E-state index in [9.17, 15) is 0 Å². The summed E-state index contributed by atoms with van der Waals surface area (Å²) in [6, 6.07) is 0.592. The summed E-state index contributed by atoms with van der Waals surface area (Å²) in [5, 5.41) is 3.37. The Hall–Kier alpha value is -0.910. The van der Waals surface area contributed by atoms with E-state index in [0.717, 1.165) is 26.2 Å². The van der Waals surface area contributed by atoms with E-state index < -0.39 is 0 Å². The first-order chi connectivity index (χ1) is 9.31. The molecule has 1 aromatic heterocycles. The molecule has 2 rings (SSSR count). The Morgan fingerprint density at radius 2 is 2.21 bits per heavy atom. The molecule has 0 radical (unpaired) electrons. The minimum atomic E-state index is 0.592. The Labute approximate surface area is 116 Å². The zero-order chi connectivity index (χ0) is 13.5. The van der Waals surface area contributed by atoms with Crippen LogP contribution in [0.5, 0.6) is 0 Å². The zero-order valence-corrected chi connectivity index (χ0v) is 12.1. The SMILES string of the molecule is COCCNCc1cncn1CC(C)N1CCCC1. The summed E-state index contributed by atoms with van der Waals surface area (Å²) in [6.45, 7) is 8.32. The molecule has 1 aliphatic rings. The predicted molar refractivity (Wildman–Crippen MR) is 76.1 cm³/mol. The van der Waals surface area contributed by atoms with Crippen LogP contribution < -0.4 is 5.32 Å². The predicted octanol–water partition coefficient (Wildman–Crippen LogP) is 1.10. The highest BCUT2D eigenvalue weighted by atomic mass is 16.5. The molecule has 1 fully saturated rings. The summed E-state index contributed by atoms with van der Waals surface area (Å²) in [6.07, 6.45) is 6.59. The van der Waals surface area contributed by atoms with Crippen molar-refractivity contribution < 1.29 is 4.74 Å². The first-order valence-electron chi connectivity index (χ1n) is 7.24. The zero-order valence-electron chi connectivity index (χ0n) is 12.1. The van der Waals surface area contributed by atoms with Crippen molar-refractivity contribution in [3.8, 4) is 0 Å². The van der Waals surface area contributed by atoms with Gasteiger partial charge in [0.25, 0.3) is 0 Å². The van der Waals surface area contributed by atoms with Gasteiger partial charge in [0, 0.05) is 39.0 Å². The Bertz CT molecular complexity index is 360. The Morgan fingerprint density at radius 3 is 2.95 bits per heavy atom. The maximum absolute atomic E-state index is 5.03. The van der Waals surface area contributed by atoms with Crippen LogP contribution in [-0.2, 0) is 17.8 Å². The van der Waals surface area contributed by atoms with Gasteiger partial charge in [0.1, 0.15) is 0 Å². The van der Waals surface area contributed by atoms with Crippen LogP contribution in [0.3, 0.4) is 0 Å². The molecule has 0 saturated carbocycles. The lowest BCUT2D eigenvalue weighted by Crippen LogP contribution is -2.34. The highest BCUT2D eigenvalue weighted by molar-refractivity contribution is 4.98. The van der Waals surface area contributed by atoms with Crippen molar-refractivity contribution in [2.45, 2.75) is 38.9 Å². The third kappa shape index (κ3) is 4.30. The molecule has 2 heterocycles. The number of likely N-dealkylation sites (tertiary alicyclic amines) is 1. The van der Waals surface area contributed by atoms with Gasteiger partial charge in [-0.25, -0.2) is 4.98 Å². The average Bonchev–Trinajstić information content (AvgIpc) is 3.06. The molecule has 1 aromatic rings. The monoisotopic (exact) mass is 266 g/mol. The maximum atomic E-state index is 5.03. The molecule has 5 nitrogen and oxygen atoms in total. The van der Waals surface area contributed by atoms with Crippen LogP contribution in [0, 0.1) is 0 Å². The van der Waals surface area contributed by atoms with E-state index in [4.69, 9.17) is 4.74 Å². The van der Waals surface area contributed by atoms with Gasteiger partial charge in [-0.3, -0.25) is 4.90 Å². The number of nitrogens with one attached hydrogen (secondary N) is 1. The van der Waals surface area contributed by atoms with Crippen molar-refractivity contribution >= 4 is 0 Å². The van der Waals surface area contributed by atoms with Gasteiger partial charge in [-0.2, -0.15) is 0 Å². The molecule has 0 spiro atoms. The van der Waals surface area contributed by atoms with Gasteiger partial charge < -0.3 is 14.6 Å². The fraction of sp³-hybridized carbons (Fsp3) is 0.786. The molecule has 1 unspecified atom stereocenters. The number of nitrogens with zero attached hydrogens (tertiary/aromatic N) is 3. The summed E-state index contributed by atoms with van der Waals surface area (Å²) in [4.78, 5) is 6.85. The fourth-order valence-corrected chi connectivity index (χ4v) is 2.63. The third-order valence-corrected chi connectivity index (χ3v) is 3.81. The lowest BCUT2D eigenvalue weighted by atomic mass is 10.3. The molecular weight excluding hydrogens is 240 g/mol. The maximum Gasteiger partial charge on any atom is 0.0949 e. The van der Waals surface area contributed by atoms with Gasteiger partial charge in [-0.05, 0) is 32.9 Å². The van der Waals surface area contributed by atoms with Gasteiger partial charge in [0.05, 0.1) is 18.6 Å². The standard InChI is InChI=1S/C14H26N4O/c1-13(17-6-3-4-7-17)11-18-12-16-10-14(18)9-15-5-8-19-2/h10,12-13,15H,3-9,11H2,1-2H3. The van der Waals surface area contributed by atoms with Crippen LogP contribution in [0.2, 0.25) is 0 Å². The number of hydrogen-bond donors (Lipinski definition) is 1. The van der Waals surface area contributed by atoms with E-state index in [2.05, 4.69) is 26.7 Å². The van der Waals surface area contributed by atoms with E-state index in [-0.39, 0.29) is 0 Å². The summed E-state index contributed by atoms with van der Waals surface area (Å²) < 4.78 is 7.30. The molecule has 1 aliphatic heterocycles. The van der Waals surface area contributed by atoms with Crippen LogP contribution >= 0.6 is 0 Å². The number of imidazole rings is 1. The highest BCUT2D eigenvalue weighted by Crippen LogP contribution is 2.13. The number of methoxy groups -OCH3 is 1. The highest BCUT2D eigenvalue weighted by Gasteiger charge is 2.18. The van der Waals surface area contributed by atoms with E-state index in [0.29, 0.717) is 6.04 Å². The van der Waals surface area contributed by atoms with Crippen molar-refractivity contribution in [2.75, 3.05) is 33.4 Å². The molecule has 108 valence electrons. The van der Waals surface area contributed by atoms with Crippen molar-refractivity contribution in [1.82, 2.24) is 19.8 Å². The van der Waals surface area contributed by atoms with E-state index in [1.165, 1.54) is 31.6 Å². The summed E-state index contributed by atoms with van der Waals surface area (Å²) in [5.41, 5.74) is 1.25. The number of ether oxygens (including phenoxy) is 1. The number of aromatic nitrogens is 2. The number of hydrogen-bond acceptors (Lipinski definition) is 4. The molecule has 1 saturated heterocycles. The Kier molecular flexibility index (Phi) is 5.82. The molecule has 0 bridgehead atoms. The molecule has 0 aromatic carbocycles. The van der Waals surface area contributed by atoms with E-state index >= 15 is 0 Å². The van der Waals surface area contributed by atoms with E-state index in [1.54, 1.807) is 7.11 Å². The lowest BCUT2D eigenvalue weighted by molar-refractivity contribution is 0.198. The average molecular weight is 266 g/mol. The van der Waals surface area contributed by atoms with Crippen molar-refractivity contribution in [3.05, 3.63) is 18.2 Å². The van der Waals surface area contributed by atoms with Gasteiger partial charge in [-0.15, -0.1) is 0 Å². The van der Waals surface area contributed by atoms with Crippen LogP contribution in [-0.4, -0.2) is 53.8 Å². The van der Waals surface area contributed by atoms with Crippen LogP contribution in [0.1, 0.15) is 25.5 Å². The van der Waals surface area contributed by atoms with Crippen molar-refractivity contribution in [2.24, 2.45) is 0 Å². The van der Waals surface area contributed by atoms with Crippen LogP contribution in [0.4, 0.5) is 0 Å². The molecule has 19 heavy (non-hydrogen) atoms. The smallest absolute Gasteiger partial charge is 0.0949 e.